The van der Waals surface area contributed by atoms with Crippen LogP contribution in [0.1, 0.15) is 24.4 Å². The van der Waals surface area contributed by atoms with E-state index in [2.05, 4.69) is 25.8 Å². The number of aromatic nitrogens is 3. The fourth-order valence-corrected chi connectivity index (χ4v) is 2.49. The van der Waals surface area contributed by atoms with Crippen LogP contribution < -0.4 is 10.6 Å². The van der Waals surface area contributed by atoms with Gasteiger partial charge in [-0.1, -0.05) is 18.2 Å². The number of pyridine rings is 1. The summed E-state index contributed by atoms with van der Waals surface area (Å²) < 4.78 is 14.8. The van der Waals surface area contributed by atoms with Gasteiger partial charge in [0.05, 0.1) is 6.10 Å². The molecule has 1 atom stereocenters. The Balaban J connectivity index is 1.64. The van der Waals surface area contributed by atoms with Gasteiger partial charge in [0.25, 0.3) is 0 Å². The molecule has 0 aliphatic rings. The summed E-state index contributed by atoms with van der Waals surface area (Å²) in [5.41, 5.74) is 1.40. The molecule has 3 N–H and O–H groups in total. The van der Waals surface area contributed by atoms with E-state index in [4.69, 9.17) is 0 Å². The van der Waals surface area contributed by atoms with Crippen LogP contribution in [0.4, 0.5) is 4.39 Å². The Bertz CT molecular complexity index is 877. The van der Waals surface area contributed by atoms with Gasteiger partial charge in [-0.2, -0.15) is 0 Å². The number of halogens is 1. The van der Waals surface area contributed by atoms with E-state index in [1.54, 1.807) is 12.1 Å². The summed E-state index contributed by atoms with van der Waals surface area (Å²) in [4.78, 5) is 4.49. The fraction of sp³-hybridized carbons (Fsp3) is 0.278. The van der Waals surface area contributed by atoms with E-state index < -0.39 is 6.10 Å². The topological polar surface area (TPSA) is 86.8 Å². The number of nitrogens with zero attached hydrogens (tertiary/aromatic N) is 4. The molecule has 0 saturated heterocycles. The van der Waals surface area contributed by atoms with Crippen molar-refractivity contribution in [2.24, 2.45) is 4.99 Å². The Kier molecular flexibility index (Phi) is 5.75. The normalized spacial score (nSPS) is 13.0. The van der Waals surface area contributed by atoms with E-state index in [1.807, 2.05) is 35.7 Å². The second kappa shape index (κ2) is 8.39. The number of aliphatic hydroxyl groups is 1. The first-order valence-corrected chi connectivity index (χ1v) is 8.41. The second-order valence-electron chi connectivity index (χ2n) is 5.69. The van der Waals surface area contributed by atoms with Crippen molar-refractivity contribution in [3.8, 4) is 0 Å². The van der Waals surface area contributed by atoms with Gasteiger partial charge in [0, 0.05) is 19.3 Å². The summed E-state index contributed by atoms with van der Waals surface area (Å²) in [6.07, 6.45) is 1.12. The predicted octanol–water partition coefficient (Wildman–Crippen LogP) is 1.66. The molecule has 0 aliphatic heterocycles. The van der Waals surface area contributed by atoms with Crippen molar-refractivity contribution in [2.75, 3.05) is 13.1 Å². The third kappa shape index (κ3) is 4.34. The van der Waals surface area contributed by atoms with Crippen molar-refractivity contribution >= 4 is 11.6 Å². The van der Waals surface area contributed by atoms with Gasteiger partial charge < -0.3 is 15.7 Å². The lowest BCUT2D eigenvalue weighted by Gasteiger charge is -2.15. The molecule has 26 heavy (non-hydrogen) atoms. The third-order valence-corrected chi connectivity index (χ3v) is 3.82. The highest BCUT2D eigenvalue weighted by molar-refractivity contribution is 5.79. The molecule has 136 valence electrons. The molecule has 3 aromatic rings. The maximum atomic E-state index is 13.0. The van der Waals surface area contributed by atoms with Gasteiger partial charge >= 0.3 is 0 Å². The maximum Gasteiger partial charge on any atom is 0.191 e. The number of guanidine groups is 1. The van der Waals surface area contributed by atoms with Crippen LogP contribution in [0.25, 0.3) is 5.65 Å². The average molecular weight is 356 g/mol. The Morgan fingerprint density at radius 2 is 2.00 bits per heavy atom. The van der Waals surface area contributed by atoms with Crippen molar-refractivity contribution in [2.45, 2.75) is 19.6 Å². The van der Waals surface area contributed by atoms with Gasteiger partial charge in [-0.3, -0.25) is 4.40 Å². The highest BCUT2D eigenvalue weighted by Gasteiger charge is 2.09. The van der Waals surface area contributed by atoms with Crippen LogP contribution in [0.5, 0.6) is 0 Å². The van der Waals surface area contributed by atoms with Gasteiger partial charge in [-0.15, -0.1) is 10.2 Å². The standard InChI is InChI=1S/C18H21FN6O/c1-2-20-18(21-11-15(26)13-6-8-14(19)9-7-13)22-12-17-24-23-16-5-3-4-10-25(16)17/h3-10,15,26H,2,11-12H2,1H3,(H2,20,21,22). The molecule has 3 rings (SSSR count). The van der Waals surface area contributed by atoms with Gasteiger partial charge in [0.2, 0.25) is 0 Å². The SMILES string of the molecule is CCNC(=NCc1nnc2ccccn12)NCC(O)c1ccc(F)cc1. The summed E-state index contributed by atoms with van der Waals surface area (Å²) in [6, 6.07) is 11.5. The Labute approximate surface area is 150 Å². The lowest BCUT2D eigenvalue weighted by molar-refractivity contribution is 0.180. The van der Waals surface area contributed by atoms with Crippen LogP contribution in [0.2, 0.25) is 0 Å². The van der Waals surface area contributed by atoms with Gasteiger partial charge in [-0.05, 0) is 36.8 Å². The molecule has 1 unspecified atom stereocenters. The highest BCUT2D eigenvalue weighted by Crippen LogP contribution is 2.12. The van der Waals surface area contributed by atoms with Crippen LogP contribution in [-0.2, 0) is 6.54 Å². The van der Waals surface area contributed by atoms with Crippen LogP contribution in [-0.4, -0.2) is 38.8 Å². The molecule has 2 heterocycles. The van der Waals surface area contributed by atoms with Crippen LogP contribution >= 0.6 is 0 Å². The van der Waals surface area contributed by atoms with Crippen LogP contribution in [0, 0.1) is 5.82 Å². The fourth-order valence-electron chi connectivity index (χ4n) is 2.49. The number of aliphatic imine (C=N–C) groups is 1. The molecule has 0 fully saturated rings. The van der Waals surface area contributed by atoms with Crippen molar-refractivity contribution in [3.05, 3.63) is 65.9 Å². The summed E-state index contributed by atoms with van der Waals surface area (Å²) in [7, 11) is 0. The monoisotopic (exact) mass is 356 g/mol. The van der Waals surface area contributed by atoms with Crippen molar-refractivity contribution in [3.63, 3.8) is 0 Å². The van der Waals surface area contributed by atoms with E-state index in [0.29, 0.717) is 24.6 Å². The molecular weight excluding hydrogens is 335 g/mol. The number of fused-ring (bicyclic) bond motifs is 1. The summed E-state index contributed by atoms with van der Waals surface area (Å²) in [6.45, 7) is 3.23. The number of aliphatic hydroxyl groups excluding tert-OH is 1. The zero-order chi connectivity index (χ0) is 18.4. The summed E-state index contributed by atoms with van der Waals surface area (Å²) >= 11 is 0. The largest absolute Gasteiger partial charge is 0.387 e. The zero-order valence-electron chi connectivity index (χ0n) is 14.4. The molecule has 7 nitrogen and oxygen atoms in total. The Morgan fingerprint density at radius 1 is 1.19 bits per heavy atom. The van der Waals surface area contributed by atoms with E-state index in [9.17, 15) is 9.50 Å². The Hall–Kier alpha value is -3.00. The molecule has 0 amide bonds. The van der Waals surface area contributed by atoms with E-state index in [0.717, 1.165) is 11.5 Å². The molecule has 0 aliphatic carbocycles. The number of benzene rings is 1. The third-order valence-electron chi connectivity index (χ3n) is 3.82. The minimum absolute atomic E-state index is 0.248. The number of rotatable bonds is 6. The molecule has 1 aromatic carbocycles. The Morgan fingerprint density at radius 3 is 2.77 bits per heavy atom. The number of hydrogen-bond acceptors (Lipinski definition) is 4. The lowest BCUT2D eigenvalue weighted by Crippen LogP contribution is -2.39. The molecule has 0 spiro atoms. The highest BCUT2D eigenvalue weighted by atomic mass is 19.1. The quantitative estimate of drug-likeness (QED) is 0.462. The first-order valence-electron chi connectivity index (χ1n) is 8.41. The first-order chi connectivity index (χ1) is 12.7. The van der Waals surface area contributed by atoms with Crippen molar-refractivity contribution in [1.82, 2.24) is 25.2 Å². The number of nitrogens with one attached hydrogen (secondary N) is 2. The molecule has 2 aromatic heterocycles. The van der Waals surface area contributed by atoms with E-state index in [-0.39, 0.29) is 12.4 Å². The number of hydrogen-bond donors (Lipinski definition) is 3. The van der Waals surface area contributed by atoms with Crippen molar-refractivity contribution in [1.29, 1.82) is 0 Å². The summed E-state index contributed by atoms with van der Waals surface area (Å²) in [5.74, 6) is 0.947. The molecule has 0 saturated carbocycles. The van der Waals surface area contributed by atoms with Gasteiger partial charge in [0.15, 0.2) is 17.4 Å². The van der Waals surface area contributed by atoms with Crippen LogP contribution in [0.3, 0.4) is 0 Å². The predicted molar refractivity (Wildman–Crippen MR) is 97.2 cm³/mol. The van der Waals surface area contributed by atoms with Crippen molar-refractivity contribution < 1.29 is 9.50 Å². The van der Waals surface area contributed by atoms with E-state index in [1.165, 1.54) is 12.1 Å². The molecular formula is C18H21FN6O. The van der Waals surface area contributed by atoms with Gasteiger partial charge in [0.1, 0.15) is 12.4 Å². The summed E-state index contributed by atoms with van der Waals surface area (Å²) in [5, 5.41) is 24.7. The van der Waals surface area contributed by atoms with Crippen LogP contribution in [0.15, 0.2) is 53.7 Å². The zero-order valence-corrected chi connectivity index (χ0v) is 14.4. The minimum atomic E-state index is -0.770. The lowest BCUT2D eigenvalue weighted by atomic mass is 10.1. The second-order valence-corrected chi connectivity index (χ2v) is 5.69. The maximum absolute atomic E-state index is 13.0. The molecule has 0 radical (unpaired) electrons. The first kappa shape index (κ1) is 17.8. The van der Waals surface area contributed by atoms with E-state index >= 15 is 0 Å². The van der Waals surface area contributed by atoms with Gasteiger partial charge in [-0.25, -0.2) is 9.38 Å². The molecule has 8 heteroatoms. The average Bonchev–Trinajstić information content (AvgIpc) is 3.07. The smallest absolute Gasteiger partial charge is 0.191 e. The minimum Gasteiger partial charge on any atom is -0.387 e. The molecule has 0 bridgehead atoms.